The number of nitrogens with one attached hydrogen (secondary N) is 1. The molecule has 0 saturated carbocycles. The topological polar surface area (TPSA) is 83.5 Å². The third-order valence-corrected chi connectivity index (χ3v) is 3.16. The highest BCUT2D eigenvalue weighted by Crippen LogP contribution is 2.05. The van der Waals surface area contributed by atoms with Gasteiger partial charge in [-0.2, -0.15) is 0 Å². The van der Waals surface area contributed by atoms with E-state index in [9.17, 15) is 13.2 Å². The smallest absolute Gasteiger partial charge is 0.321 e. The number of sulfonamides is 1. The minimum Gasteiger partial charge on any atom is -0.480 e. The highest BCUT2D eigenvalue weighted by atomic mass is 32.2. The zero-order valence-electron chi connectivity index (χ0n) is 9.15. The molecular formula is C9H17NO4S. The Balaban J connectivity index is 4.68. The van der Waals surface area contributed by atoms with E-state index in [4.69, 9.17) is 5.11 Å². The number of carbonyl (C=O) groups is 1. The summed E-state index contributed by atoms with van der Waals surface area (Å²) in [5, 5.41) is 8.79. The third-order valence-electron chi connectivity index (χ3n) is 1.68. The summed E-state index contributed by atoms with van der Waals surface area (Å²) >= 11 is 0. The van der Waals surface area contributed by atoms with Crippen molar-refractivity contribution in [3.8, 4) is 0 Å². The molecule has 6 heteroatoms. The Morgan fingerprint density at radius 2 is 1.93 bits per heavy atom. The van der Waals surface area contributed by atoms with Gasteiger partial charge in [0.2, 0.25) is 10.0 Å². The van der Waals surface area contributed by atoms with Crippen LogP contribution in [-0.2, 0) is 14.8 Å². The fraction of sp³-hybridized carbons (Fsp3) is 0.667. The van der Waals surface area contributed by atoms with Gasteiger partial charge in [-0.1, -0.05) is 26.0 Å². The Labute approximate surface area is 90.2 Å². The van der Waals surface area contributed by atoms with Crippen molar-refractivity contribution < 1.29 is 18.3 Å². The van der Waals surface area contributed by atoms with Crippen molar-refractivity contribution >= 4 is 16.0 Å². The van der Waals surface area contributed by atoms with Gasteiger partial charge >= 0.3 is 5.97 Å². The molecule has 0 aliphatic carbocycles. The van der Waals surface area contributed by atoms with Crippen LogP contribution in [0.25, 0.3) is 0 Å². The zero-order chi connectivity index (χ0) is 12.2. The van der Waals surface area contributed by atoms with E-state index in [1.54, 1.807) is 20.8 Å². The minimum atomic E-state index is -3.60. The van der Waals surface area contributed by atoms with Gasteiger partial charge in [0.15, 0.2) is 0 Å². The summed E-state index contributed by atoms with van der Waals surface area (Å²) in [4.78, 5) is 10.8. The van der Waals surface area contributed by atoms with Crippen molar-refractivity contribution in [3.63, 3.8) is 0 Å². The van der Waals surface area contributed by atoms with E-state index in [0.717, 1.165) is 0 Å². The number of hydrogen-bond donors (Lipinski definition) is 2. The second kappa shape index (κ2) is 5.27. The fourth-order valence-electron chi connectivity index (χ4n) is 1.03. The SMILES string of the molecule is C=C(C)CS(=O)(=O)N[C@@H](C(=O)O)C(C)C. The van der Waals surface area contributed by atoms with Gasteiger partial charge in [-0.15, -0.1) is 0 Å². The molecule has 88 valence electrons. The van der Waals surface area contributed by atoms with Crippen LogP contribution >= 0.6 is 0 Å². The largest absolute Gasteiger partial charge is 0.480 e. The third kappa shape index (κ3) is 5.54. The van der Waals surface area contributed by atoms with Crippen LogP contribution in [-0.4, -0.2) is 31.3 Å². The van der Waals surface area contributed by atoms with E-state index < -0.39 is 22.0 Å². The molecule has 0 aromatic heterocycles. The molecule has 1 atom stereocenters. The summed E-state index contributed by atoms with van der Waals surface area (Å²) in [7, 11) is -3.60. The van der Waals surface area contributed by atoms with E-state index in [2.05, 4.69) is 11.3 Å². The highest BCUT2D eigenvalue weighted by Gasteiger charge is 2.26. The molecule has 0 bridgehead atoms. The zero-order valence-corrected chi connectivity index (χ0v) is 9.97. The maximum Gasteiger partial charge on any atom is 0.321 e. The number of carboxylic acid groups (broad SMARTS) is 1. The molecule has 0 aromatic carbocycles. The monoisotopic (exact) mass is 235 g/mol. The first-order valence-electron chi connectivity index (χ1n) is 4.53. The first-order chi connectivity index (χ1) is 6.65. The molecule has 0 amide bonds. The van der Waals surface area contributed by atoms with E-state index in [0.29, 0.717) is 5.57 Å². The van der Waals surface area contributed by atoms with Crippen LogP contribution in [0.5, 0.6) is 0 Å². The van der Waals surface area contributed by atoms with Crippen molar-refractivity contribution in [2.75, 3.05) is 5.75 Å². The van der Waals surface area contributed by atoms with Crippen molar-refractivity contribution in [1.82, 2.24) is 4.72 Å². The summed E-state index contributed by atoms with van der Waals surface area (Å²) in [5.74, 6) is -1.72. The van der Waals surface area contributed by atoms with Crippen LogP contribution in [0, 0.1) is 5.92 Å². The van der Waals surface area contributed by atoms with Crippen molar-refractivity contribution in [2.24, 2.45) is 5.92 Å². The summed E-state index contributed by atoms with van der Waals surface area (Å²) in [5.41, 5.74) is 0.468. The Kier molecular flexibility index (Phi) is 4.96. The number of aliphatic carboxylic acids is 1. The van der Waals surface area contributed by atoms with E-state index >= 15 is 0 Å². The van der Waals surface area contributed by atoms with E-state index in [1.165, 1.54) is 0 Å². The molecule has 0 fully saturated rings. The van der Waals surface area contributed by atoms with Gasteiger partial charge in [-0.05, 0) is 12.8 Å². The normalized spacial score (nSPS) is 13.9. The lowest BCUT2D eigenvalue weighted by Gasteiger charge is -2.17. The molecule has 15 heavy (non-hydrogen) atoms. The molecule has 0 aliphatic rings. The second-order valence-corrected chi connectivity index (χ2v) is 5.65. The fourth-order valence-corrected chi connectivity index (χ4v) is 2.52. The Morgan fingerprint density at radius 3 is 2.20 bits per heavy atom. The lowest BCUT2D eigenvalue weighted by Crippen LogP contribution is -2.45. The predicted molar refractivity (Wildman–Crippen MR) is 58.0 cm³/mol. The first-order valence-corrected chi connectivity index (χ1v) is 6.18. The molecule has 5 nitrogen and oxygen atoms in total. The van der Waals surface area contributed by atoms with Gasteiger partial charge in [-0.25, -0.2) is 13.1 Å². The molecule has 0 unspecified atom stereocenters. The standard InChI is InChI=1S/C9H17NO4S/c1-6(2)5-15(13,14)10-8(7(3)4)9(11)12/h7-8,10H,1,5H2,2-4H3,(H,11,12)/t8-/m1/s1. The van der Waals surface area contributed by atoms with Gasteiger partial charge in [0.05, 0.1) is 5.75 Å². The van der Waals surface area contributed by atoms with Crippen LogP contribution < -0.4 is 4.72 Å². The van der Waals surface area contributed by atoms with Crippen molar-refractivity contribution in [3.05, 3.63) is 12.2 Å². The minimum absolute atomic E-state index is 0.247. The quantitative estimate of drug-likeness (QED) is 0.660. The Hall–Kier alpha value is -0.880. The molecule has 0 saturated heterocycles. The van der Waals surface area contributed by atoms with Crippen LogP contribution in [0.15, 0.2) is 12.2 Å². The lowest BCUT2D eigenvalue weighted by atomic mass is 10.1. The maximum absolute atomic E-state index is 11.4. The number of hydrogen-bond acceptors (Lipinski definition) is 3. The molecular weight excluding hydrogens is 218 g/mol. The van der Waals surface area contributed by atoms with Crippen molar-refractivity contribution in [1.29, 1.82) is 0 Å². The molecule has 2 N–H and O–H groups in total. The summed E-state index contributed by atoms with van der Waals surface area (Å²) < 4.78 is 25.0. The summed E-state index contributed by atoms with van der Waals surface area (Å²) in [6.45, 7) is 8.33. The molecule has 0 rings (SSSR count). The average Bonchev–Trinajstić information content (AvgIpc) is 1.96. The second-order valence-electron chi connectivity index (χ2n) is 3.89. The van der Waals surface area contributed by atoms with Gasteiger partial charge in [-0.3, -0.25) is 4.79 Å². The number of carboxylic acids is 1. The van der Waals surface area contributed by atoms with Crippen molar-refractivity contribution in [2.45, 2.75) is 26.8 Å². The predicted octanol–water partition coefficient (Wildman–Crippen LogP) is 0.591. The number of rotatable bonds is 6. The average molecular weight is 235 g/mol. The van der Waals surface area contributed by atoms with Crippen LogP contribution in [0.1, 0.15) is 20.8 Å². The maximum atomic E-state index is 11.4. The molecule has 0 heterocycles. The highest BCUT2D eigenvalue weighted by molar-refractivity contribution is 7.89. The molecule has 0 spiro atoms. The lowest BCUT2D eigenvalue weighted by molar-refractivity contribution is -0.140. The van der Waals surface area contributed by atoms with E-state index in [1.807, 2.05) is 0 Å². The summed E-state index contributed by atoms with van der Waals surface area (Å²) in [6.07, 6.45) is 0. The Bertz CT molecular complexity index is 345. The van der Waals surface area contributed by atoms with Crippen LogP contribution in [0.4, 0.5) is 0 Å². The van der Waals surface area contributed by atoms with E-state index in [-0.39, 0.29) is 11.7 Å². The Morgan fingerprint density at radius 1 is 1.47 bits per heavy atom. The summed E-state index contributed by atoms with van der Waals surface area (Å²) in [6, 6.07) is -1.09. The van der Waals surface area contributed by atoms with Gasteiger partial charge < -0.3 is 5.11 Å². The van der Waals surface area contributed by atoms with Gasteiger partial charge in [0.25, 0.3) is 0 Å². The van der Waals surface area contributed by atoms with Crippen LogP contribution in [0.2, 0.25) is 0 Å². The van der Waals surface area contributed by atoms with Crippen LogP contribution in [0.3, 0.4) is 0 Å². The molecule has 0 aromatic rings. The van der Waals surface area contributed by atoms with Gasteiger partial charge in [0.1, 0.15) is 6.04 Å². The first kappa shape index (κ1) is 14.1. The van der Waals surface area contributed by atoms with Gasteiger partial charge in [0, 0.05) is 0 Å². The molecule has 0 radical (unpaired) electrons. The molecule has 0 aliphatic heterocycles.